The molecule has 8 heteroatoms. The zero-order chi connectivity index (χ0) is 20.9. The van der Waals surface area contributed by atoms with Crippen molar-refractivity contribution in [1.29, 1.82) is 0 Å². The first kappa shape index (κ1) is 19.6. The summed E-state index contributed by atoms with van der Waals surface area (Å²) in [5.74, 6) is -1.02. The lowest BCUT2D eigenvalue weighted by atomic mass is 10.1. The molecular weight excluding hydrogens is 384 g/mol. The van der Waals surface area contributed by atoms with E-state index in [1.54, 1.807) is 24.3 Å². The number of amides is 1. The van der Waals surface area contributed by atoms with E-state index in [2.05, 4.69) is 20.4 Å². The average Bonchev–Trinajstić information content (AvgIpc) is 3.30. The summed E-state index contributed by atoms with van der Waals surface area (Å²) in [6.07, 6.45) is 2.26. The molecule has 0 bridgehead atoms. The van der Waals surface area contributed by atoms with Crippen LogP contribution in [-0.2, 0) is 20.7 Å². The van der Waals surface area contributed by atoms with Crippen LogP contribution in [0.5, 0.6) is 0 Å². The number of fused-ring (bicyclic) bond motifs is 1. The number of esters is 1. The summed E-state index contributed by atoms with van der Waals surface area (Å²) in [6.45, 7) is 1.72. The van der Waals surface area contributed by atoms with Gasteiger partial charge in [-0.3, -0.25) is 14.4 Å². The van der Waals surface area contributed by atoms with Crippen molar-refractivity contribution in [1.82, 2.24) is 10.2 Å². The molecule has 1 aliphatic heterocycles. The second-order valence-electron chi connectivity index (χ2n) is 7.17. The molecular formula is C22H22N4O4. The highest BCUT2D eigenvalue weighted by Gasteiger charge is 2.14. The van der Waals surface area contributed by atoms with Gasteiger partial charge in [0.15, 0.2) is 6.61 Å². The molecule has 1 saturated heterocycles. The second kappa shape index (κ2) is 8.77. The molecule has 8 nitrogen and oxygen atoms in total. The van der Waals surface area contributed by atoms with Crippen molar-refractivity contribution in [3.8, 4) is 0 Å². The van der Waals surface area contributed by atoms with Gasteiger partial charge in [0.05, 0.1) is 17.5 Å². The fourth-order valence-corrected chi connectivity index (χ4v) is 3.57. The Kier molecular flexibility index (Phi) is 5.74. The van der Waals surface area contributed by atoms with Crippen LogP contribution in [0.3, 0.4) is 0 Å². The second-order valence-corrected chi connectivity index (χ2v) is 7.17. The van der Waals surface area contributed by atoms with Crippen molar-refractivity contribution >= 4 is 34.0 Å². The number of aromatic nitrogens is 2. The lowest BCUT2D eigenvalue weighted by Gasteiger charge is -2.17. The summed E-state index contributed by atoms with van der Waals surface area (Å²) in [4.78, 5) is 38.4. The Morgan fingerprint density at radius 1 is 1.03 bits per heavy atom. The number of hydrogen-bond acceptors (Lipinski definition) is 6. The zero-order valence-electron chi connectivity index (χ0n) is 16.4. The predicted octanol–water partition coefficient (Wildman–Crippen LogP) is 2.25. The van der Waals surface area contributed by atoms with E-state index >= 15 is 0 Å². The number of nitrogens with one attached hydrogen (secondary N) is 2. The van der Waals surface area contributed by atoms with Crippen molar-refractivity contribution in [3.63, 3.8) is 0 Å². The highest BCUT2D eigenvalue weighted by molar-refractivity contribution is 5.93. The van der Waals surface area contributed by atoms with Crippen LogP contribution in [0.2, 0.25) is 0 Å². The minimum absolute atomic E-state index is 0.144. The largest absolute Gasteiger partial charge is 0.455 e. The monoisotopic (exact) mass is 406 g/mol. The molecule has 0 spiro atoms. The highest BCUT2D eigenvalue weighted by atomic mass is 16.5. The average molecular weight is 406 g/mol. The molecule has 1 aromatic heterocycles. The van der Waals surface area contributed by atoms with E-state index in [9.17, 15) is 14.4 Å². The molecule has 30 heavy (non-hydrogen) atoms. The number of H-pyrrole nitrogens is 1. The minimum Gasteiger partial charge on any atom is -0.455 e. The molecule has 0 aliphatic carbocycles. The van der Waals surface area contributed by atoms with Crippen LogP contribution in [-0.4, -0.2) is 41.8 Å². The van der Waals surface area contributed by atoms with Crippen LogP contribution in [0, 0.1) is 0 Å². The Balaban J connectivity index is 1.30. The van der Waals surface area contributed by atoms with Gasteiger partial charge in [-0.25, -0.2) is 5.10 Å². The van der Waals surface area contributed by atoms with Gasteiger partial charge in [0.25, 0.3) is 11.5 Å². The van der Waals surface area contributed by atoms with Gasteiger partial charge >= 0.3 is 5.97 Å². The van der Waals surface area contributed by atoms with Crippen LogP contribution < -0.4 is 15.8 Å². The molecule has 2 N–H and O–H groups in total. The van der Waals surface area contributed by atoms with Crippen molar-refractivity contribution in [2.45, 2.75) is 19.3 Å². The Labute approximate surface area is 172 Å². The number of benzene rings is 2. The van der Waals surface area contributed by atoms with Gasteiger partial charge in [-0.05, 0) is 43.2 Å². The number of aromatic amines is 1. The number of carbonyl (C=O) groups is 2. The summed E-state index contributed by atoms with van der Waals surface area (Å²) in [6, 6.07) is 14.5. The number of nitrogens with zero attached hydrogens (tertiary/aromatic N) is 2. The van der Waals surface area contributed by atoms with Gasteiger partial charge in [-0.15, -0.1) is 0 Å². The maximum absolute atomic E-state index is 12.1. The van der Waals surface area contributed by atoms with E-state index in [1.165, 1.54) is 12.8 Å². The first-order chi connectivity index (χ1) is 14.6. The SMILES string of the molecule is O=C(COC(=O)Cc1n[nH]c(=O)c2ccccc12)Nc1ccc(N2CCCC2)cc1. The third-order valence-corrected chi connectivity index (χ3v) is 5.07. The molecule has 0 atom stereocenters. The van der Waals surface area contributed by atoms with E-state index < -0.39 is 18.5 Å². The predicted molar refractivity (Wildman–Crippen MR) is 114 cm³/mol. The van der Waals surface area contributed by atoms with Crippen molar-refractivity contribution in [3.05, 3.63) is 64.6 Å². The van der Waals surface area contributed by atoms with Crippen molar-refractivity contribution in [2.75, 3.05) is 29.9 Å². The Bertz CT molecular complexity index is 1120. The topological polar surface area (TPSA) is 104 Å². The summed E-state index contributed by atoms with van der Waals surface area (Å²) in [7, 11) is 0. The van der Waals surface area contributed by atoms with Gasteiger partial charge in [0.1, 0.15) is 0 Å². The van der Waals surface area contributed by atoms with Crippen molar-refractivity contribution in [2.24, 2.45) is 0 Å². The minimum atomic E-state index is -0.598. The molecule has 154 valence electrons. The Hall–Kier alpha value is -3.68. The van der Waals surface area contributed by atoms with Crippen LogP contribution in [0.1, 0.15) is 18.5 Å². The van der Waals surface area contributed by atoms with E-state index in [1.807, 2.05) is 24.3 Å². The van der Waals surface area contributed by atoms with Crippen LogP contribution >= 0.6 is 0 Å². The molecule has 2 heterocycles. The molecule has 0 unspecified atom stereocenters. The summed E-state index contributed by atoms with van der Waals surface area (Å²) >= 11 is 0. The molecule has 1 fully saturated rings. The fraction of sp³-hybridized carbons (Fsp3) is 0.273. The van der Waals surface area contributed by atoms with E-state index in [0.717, 1.165) is 18.8 Å². The molecule has 2 aromatic carbocycles. The van der Waals surface area contributed by atoms with Gasteiger partial charge in [0.2, 0.25) is 0 Å². The van der Waals surface area contributed by atoms with E-state index in [0.29, 0.717) is 22.2 Å². The van der Waals surface area contributed by atoms with Crippen LogP contribution in [0.15, 0.2) is 53.3 Å². The molecule has 3 aromatic rings. The van der Waals surface area contributed by atoms with Crippen LogP contribution in [0.4, 0.5) is 11.4 Å². The van der Waals surface area contributed by atoms with E-state index in [-0.39, 0.29) is 12.0 Å². The fourth-order valence-electron chi connectivity index (χ4n) is 3.57. The molecule has 0 radical (unpaired) electrons. The smallest absolute Gasteiger partial charge is 0.312 e. The number of hydrogen-bond donors (Lipinski definition) is 2. The highest BCUT2D eigenvalue weighted by Crippen LogP contribution is 2.22. The standard InChI is InChI=1S/C22H22N4O4/c27-20(23-15-7-9-16(10-8-15)26-11-3-4-12-26)14-30-21(28)13-19-17-5-1-2-6-18(17)22(29)25-24-19/h1-2,5-10H,3-4,11-14H2,(H,23,27)(H,25,29). The summed E-state index contributed by atoms with van der Waals surface area (Å²) in [5, 5.41) is 10.1. The molecule has 1 amide bonds. The normalized spacial score (nSPS) is 13.4. The third-order valence-electron chi connectivity index (χ3n) is 5.07. The van der Waals surface area contributed by atoms with Gasteiger partial charge in [-0.2, -0.15) is 5.10 Å². The number of ether oxygens (including phenoxy) is 1. The summed E-state index contributed by atoms with van der Waals surface area (Å²) < 4.78 is 5.07. The van der Waals surface area contributed by atoms with Gasteiger partial charge < -0.3 is 15.0 Å². The Morgan fingerprint density at radius 2 is 1.73 bits per heavy atom. The first-order valence-electron chi connectivity index (χ1n) is 9.87. The van der Waals surface area contributed by atoms with Crippen molar-refractivity contribution < 1.29 is 14.3 Å². The summed E-state index contributed by atoms with van der Waals surface area (Å²) in [5.41, 5.74) is 1.86. The first-order valence-corrected chi connectivity index (χ1v) is 9.87. The zero-order valence-corrected chi connectivity index (χ0v) is 16.4. The number of rotatable bonds is 6. The maximum atomic E-state index is 12.1. The molecule has 4 rings (SSSR count). The number of anilines is 2. The lowest BCUT2D eigenvalue weighted by Crippen LogP contribution is -2.22. The maximum Gasteiger partial charge on any atom is 0.312 e. The molecule has 0 saturated carbocycles. The molecule has 1 aliphatic rings. The van der Waals surface area contributed by atoms with Gasteiger partial charge in [-0.1, -0.05) is 18.2 Å². The van der Waals surface area contributed by atoms with E-state index in [4.69, 9.17) is 4.74 Å². The quantitative estimate of drug-likeness (QED) is 0.609. The number of carbonyl (C=O) groups excluding carboxylic acids is 2. The van der Waals surface area contributed by atoms with Gasteiger partial charge in [0, 0.05) is 29.9 Å². The lowest BCUT2D eigenvalue weighted by molar-refractivity contribution is -0.146. The van der Waals surface area contributed by atoms with Crippen LogP contribution in [0.25, 0.3) is 10.8 Å². The Morgan fingerprint density at radius 3 is 2.47 bits per heavy atom. The third kappa shape index (κ3) is 4.48.